The minimum absolute atomic E-state index is 0.110. The Morgan fingerprint density at radius 2 is 0.935 bits per heavy atom. The number of rotatable bonds is 29. The summed E-state index contributed by atoms with van der Waals surface area (Å²) in [4.78, 5) is 24.4. The van der Waals surface area contributed by atoms with Gasteiger partial charge in [0, 0.05) is 26.2 Å². The van der Waals surface area contributed by atoms with Crippen molar-refractivity contribution < 1.29 is 57.0 Å². The van der Waals surface area contributed by atoms with E-state index < -0.39 is 5.60 Å². The van der Waals surface area contributed by atoms with Crippen LogP contribution in [0.2, 0.25) is 0 Å². The molecular weight excluding hydrogens is 604 g/mol. The number of hydrogen-bond donors (Lipinski definition) is 1. The maximum atomic E-state index is 11.8. The molecule has 0 bridgehead atoms. The predicted octanol–water partition coefficient (Wildman–Crippen LogP) is 3.02. The number of nitrogens with one attached hydrogen (secondary N) is 1. The van der Waals surface area contributed by atoms with Gasteiger partial charge in [-0.15, -0.1) is 0 Å². The highest BCUT2D eigenvalue weighted by atomic mass is 16.6. The molecule has 0 aromatic heterocycles. The summed E-state index contributed by atoms with van der Waals surface area (Å²) in [6.07, 6.45) is -0.367. The lowest BCUT2D eigenvalue weighted by atomic mass is 10.2. The molecule has 0 aliphatic rings. The van der Waals surface area contributed by atoms with Crippen molar-refractivity contribution >= 4 is 17.7 Å². The van der Waals surface area contributed by atoms with Crippen LogP contribution in [0, 0.1) is 0 Å². The van der Waals surface area contributed by atoms with Crippen LogP contribution in [0.15, 0.2) is 24.3 Å². The average molecular weight is 661 g/mol. The molecule has 1 rings (SSSR count). The normalized spacial score (nSPS) is 11.4. The summed E-state index contributed by atoms with van der Waals surface area (Å²) in [5.41, 5.74) is 0.217. The first kappa shape index (κ1) is 41.5. The molecule has 0 atom stereocenters. The lowest BCUT2D eigenvalue weighted by Crippen LogP contribution is -2.36. The quantitative estimate of drug-likeness (QED) is 0.126. The highest BCUT2D eigenvalue weighted by molar-refractivity contribution is 5.88. The van der Waals surface area contributed by atoms with Crippen LogP contribution in [0.1, 0.15) is 27.7 Å². The Hall–Kier alpha value is -2.56. The van der Waals surface area contributed by atoms with Crippen molar-refractivity contribution in [1.29, 1.82) is 0 Å². The third-order valence-corrected chi connectivity index (χ3v) is 5.55. The summed E-state index contributed by atoms with van der Waals surface area (Å²) < 4.78 is 54.7. The van der Waals surface area contributed by atoms with Gasteiger partial charge in [-0.05, 0) is 45.0 Å². The van der Waals surface area contributed by atoms with E-state index in [0.29, 0.717) is 125 Å². The zero-order valence-corrected chi connectivity index (χ0v) is 28.4. The molecule has 1 aromatic carbocycles. The first-order chi connectivity index (χ1) is 22.2. The molecule has 0 aliphatic heterocycles. The third-order valence-electron chi connectivity index (χ3n) is 5.55. The van der Waals surface area contributed by atoms with Crippen molar-refractivity contribution in [3.05, 3.63) is 24.3 Å². The number of benzene rings is 1. The zero-order valence-electron chi connectivity index (χ0n) is 28.4. The second kappa shape index (κ2) is 27.5. The monoisotopic (exact) mass is 660 g/mol. The van der Waals surface area contributed by atoms with Gasteiger partial charge in [-0.2, -0.15) is 0 Å². The molecule has 0 spiro atoms. The summed E-state index contributed by atoms with van der Waals surface area (Å²) in [5, 5.41) is 2.71. The van der Waals surface area contributed by atoms with E-state index in [2.05, 4.69) is 5.32 Å². The number of likely N-dealkylation sites (N-methyl/N-ethyl adjacent to an activating group) is 1. The zero-order chi connectivity index (χ0) is 33.7. The molecule has 1 aromatic rings. The fraction of sp³-hybridized carbons (Fsp3) is 0.750. The fourth-order valence-electron chi connectivity index (χ4n) is 3.33. The second-order valence-corrected chi connectivity index (χ2v) is 10.9. The molecular formula is C32H56N2O12. The largest absolute Gasteiger partial charge is 0.491 e. The molecule has 1 N–H and O–H groups in total. The van der Waals surface area contributed by atoms with Gasteiger partial charge in [-0.25, -0.2) is 4.79 Å². The summed E-state index contributed by atoms with van der Waals surface area (Å²) in [7, 11) is 1.68. The lowest BCUT2D eigenvalue weighted by Gasteiger charge is -2.24. The van der Waals surface area contributed by atoms with Crippen molar-refractivity contribution in [2.24, 2.45) is 0 Å². The van der Waals surface area contributed by atoms with Gasteiger partial charge in [0.1, 0.15) is 18.0 Å². The number of nitrogens with zero attached hydrogens (tertiary/aromatic N) is 1. The summed E-state index contributed by atoms with van der Waals surface area (Å²) >= 11 is 0. The SMILES string of the molecule is CC(=O)Nc1ccc(OCCOCCOCCOCCOCCOCCOCCOCCOCCN(C)C(=O)OC(C)(C)C)cc1. The van der Waals surface area contributed by atoms with E-state index >= 15 is 0 Å². The fourth-order valence-corrected chi connectivity index (χ4v) is 3.33. The second-order valence-electron chi connectivity index (χ2n) is 10.9. The Kier molecular flexibility index (Phi) is 24.8. The molecule has 0 saturated carbocycles. The number of anilines is 1. The number of amides is 2. The molecule has 0 aliphatic carbocycles. The van der Waals surface area contributed by atoms with Crippen molar-refractivity contribution in [2.45, 2.75) is 33.3 Å². The Bertz CT molecular complexity index is 883. The number of ether oxygens (including phenoxy) is 10. The van der Waals surface area contributed by atoms with Crippen molar-refractivity contribution in [2.75, 3.05) is 131 Å². The molecule has 0 radical (unpaired) electrons. The Morgan fingerprint density at radius 1 is 0.587 bits per heavy atom. The lowest BCUT2D eigenvalue weighted by molar-refractivity contribution is -0.114. The van der Waals surface area contributed by atoms with Gasteiger partial charge in [-0.1, -0.05) is 0 Å². The average Bonchev–Trinajstić information content (AvgIpc) is 3.00. The number of carbonyl (C=O) groups is 2. The standard InChI is InChI=1S/C32H56N2O12/c1-28(35)33-29-6-8-30(9-7-29)45-27-26-44-25-24-43-23-22-42-21-20-41-19-18-40-17-16-39-15-14-38-13-12-37-11-10-34(5)31(36)46-32(2,3)4/h6-9H,10-27H2,1-5H3,(H,33,35). The predicted molar refractivity (Wildman–Crippen MR) is 172 cm³/mol. The van der Waals surface area contributed by atoms with Gasteiger partial charge in [0.15, 0.2) is 0 Å². The highest BCUT2D eigenvalue weighted by Gasteiger charge is 2.19. The maximum absolute atomic E-state index is 11.8. The van der Waals surface area contributed by atoms with Crippen molar-refractivity contribution in [1.82, 2.24) is 4.90 Å². The van der Waals surface area contributed by atoms with Crippen LogP contribution in [0.25, 0.3) is 0 Å². The van der Waals surface area contributed by atoms with Crippen LogP contribution in [-0.4, -0.2) is 148 Å². The van der Waals surface area contributed by atoms with Gasteiger partial charge < -0.3 is 57.6 Å². The van der Waals surface area contributed by atoms with E-state index in [1.54, 1.807) is 31.3 Å². The van der Waals surface area contributed by atoms with Crippen LogP contribution >= 0.6 is 0 Å². The molecule has 46 heavy (non-hydrogen) atoms. The van der Waals surface area contributed by atoms with Gasteiger partial charge in [0.05, 0.1) is 106 Å². The van der Waals surface area contributed by atoms with Crippen LogP contribution in [0.3, 0.4) is 0 Å². The third kappa shape index (κ3) is 26.6. The van der Waals surface area contributed by atoms with E-state index in [-0.39, 0.29) is 12.0 Å². The van der Waals surface area contributed by atoms with Crippen molar-refractivity contribution in [3.63, 3.8) is 0 Å². The minimum atomic E-state index is -0.512. The Balaban J connectivity index is 1.72. The van der Waals surface area contributed by atoms with Crippen LogP contribution in [-0.2, 0) is 47.4 Å². The topological polar surface area (TPSA) is 142 Å². The van der Waals surface area contributed by atoms with Crippen LogP contribution in [0.4, 0.5) is 10.5 Å². The van der Waals surface area contributed by atoms with Gasteiger partial charge in [-0.3, -0.25) is 4.79 Å². The molecule has 0 fully saturated rings. The number of hydrogen-bond acceptors (Lipinski definition) is 12. The molecule has 2 amide bonds. The smallest absolute Gasteiger partial charge is 0.410 e. The van der Waals surface area contributed by atoms with E-state index in [1.165, 1.54) is 11.8 Å². The van der Waals surface area contributed by atoms with E-state index in [9.17, 15) is 9.59 Å². The molecule has 14 heteroatoms. The van der Waals surface area contributed by atoms with Crippen molar-refractivity contribution in [3.8, 4) is 5.75 Å². The highest BCUT2D eigenvalue weighted by Crippen LogP contribution is 2.15. The first-order valence-electron chi connectivity index (χ1n) is 15.7. The van der Waals surface area contributed by atoms with Crippen LogP contribution < -0.4 is 10.1 Å². The van der Waals surface area contributed by atoms with E-state index in [0.717, 1.165) is 5.69 Å². The first-order valence-corrected chi connectivity index (χ1v) is 15.7. The summed E-state index contributed by atoms with van der Waals surface area (Å²) in [5.74, 6) is 0.603. The molecule has 266 valence electrons. The van der Waals surface area contributed by atoms with Gasteiger partial charge in [0.2, 0.25) is 5.91 Å². The molecule has 0 saturated heterocycles. The Labute approximate surface area is 274 Å². The molecule has 0 unspecified atom stereocenters. The maximum Gasteiger partial charge on any atom is 0.410 e. The molecule has 0 heterocycles. The van der Waals surface area contributed by atoms with Gasteiger partial charge >= 0.3 is 6.09 Å². The van der Waals surface area contributed by atoms with E-state index in [1.807, 2.05) is 20.8 Å². The minimum Gasteiger partial charge on any atom is -0.491 e. The summed E-state index contributed by atoms with van der Waals surface area (Å²) in [6.45, 7) is 15.4. The number of carbonyl (C=O) groups excluding carboxylic acids is 2. The molecule has 14 nitrogen and oxygen atoms in total. The van der Waals surface area contributed by atoms with Crippen LogP contribution in [0.5, 0.6) is 5.75 Å². The van der Waals surface area contributed by atoms with Gasteiger partial charge in [0.25, 0.3) is 0 Å². The van der Waals surface area contributed by atoms with E-state index in [4.69, 9.17) is 47.4 Å². The summed E-state index contributed by atoms with van der Waals surface area (Å²) in [6, 6.07) is 7.16. The Morgan fingerprint density at radius 3 is 1.28 bits per heavy atom.